The van der Waals surface area contributed by atoms with Crippen molar-refractivity contribution in [3.05, 3.63) is 34.5 Å². The molecular weight excluding hydrogens is 267 g/mol. The van der Waals surface area contributed by atoms with Crippen molar-refractivity contribution >= 4 is 44.3 Å². The number of carbonyl (C=O) groups is 1. The van der Waals surface area contributed by atoms with Gasteiger partial charge in [0.1, 0.15) is 5.58 Å². The van der Waals surface area contributed by atoms with Crippen LogP contribution in [0.3, 0.4) is 0 Å². The lowest BCUT2D eigenvalue weighted by Crippen LogP contribution is -1.96. The van der Waals surface area contributed by atoms with E-state index >= 15 is 0 Å². The van der Waals surface area contributed by atoms with Crippen molar-refractivity contribution in [3.8, 4) is 0 Å². The van der Waals surface area contributed by atoms with Crippen LogP contribution in [0, 0.1) is 0 Å². The van der Waals surface area contributed by atoms with Gasteiger partial charge in [0.05, 0.1) is 5.88 Å². The van der Waals surface area contributed by atoms with Gasteiger partial charge in [0, 0.05) is 9.86 Å². The second kappa shape index (κ2) is 3.75. The summed E-state index contributed by atoms with van der Waals surface area (Å²) in [7, 11) is 0. The maximum Gasteiger partial charge on any atom is 0.212 e. The molecule has 0 saturated carbocycles. The number of hydrogen-bond acceptors (Lipinski definition) is 2. The number of carbonyl (C=O) groups excluding carboxylic acids is 1. The van der Waals surface area contributed by atoms with Crippen molar-refractivity contribution < 1.29 is 9.21 Å². The van der Waals surface area contributed by atoms with Crippen LogP contribution in [0.2, 0.25) is 0 Å². The predicted octanol–water partition coefficient (Wildman–Crippen LogP) is 3.62. The third-order valence-electron chi connectivity index (χ3n) is 1.87. The summed E-state index contributed by atoms with van der Waals surface area (Å²) in [6.07, 6.45) is 0. The van der Waals surface area contributed by atoms with E-state index in [-0.39, 0.29) is 11.7 Å². The molecule has 1 heterocycles. The lowest BCUT2D eigenvalue weighted by atomic mass is 10.2. The van der Waals surface area contributed by atoms with Crippen LogP contribution in [0.5, 0.6) is 0 Å². The van der Waals surface area contributed by atoms with Gasteiger partial charge in [-0.3, -0.25) is 4.79 Å². The first kappa shape index (κ1) is 9.74. The van der Waals surface area contributed by atoms with Crippen molar-refractivity contribution in [1.82, 2.24) is 0 Å². The SMILES string of the molecule is O=C(CCl)c1cc2cc(Br)ccc2o1. The highest BCUT2D eigenvalue weighted by atomic mass is 79.9. The van der Waals surface area contributed by atoms with Gasteiger partial charge in [0.15, 0.2) is 5.76 Å². The fraction of sp³-hybridized carbons (Fsp3) is 0.100. The van der Waals surface area contributed by atoms with Gasteiger partial charge < -0.3 is 4.42 Å². The Morgan fingerprint density at radius 3 is 2.93 bits per heavy atom. The van der Waals surface area contributed by atoms with Crippen molar-refractivity contribution in [2.24, 2.45) is 0 Å². The van der Waals surface area contributed by atoms with Crippen molar-refractivity contribution in [2.45, 2.75) is 0 Å². The molecule has 2 nitrogen and oxygen atoms in total. The molecule has 0 radical (unpaired) electrons. The Labute approximate surface area is 94.0 Å². The molecule has 0 saturated heterocycles. The fourth-order valence-corrected chi connectivity index (χ4v) is 1.73. The number of ketones is 1. The number of alkyl halides is 1. The predicted molar refractivity (Wildman–Crippen MR) is 59.0 cm³/mol. The quantitative estimate of drug-likeness (QED) is 0.618. The van der Waals surface area contributed by atoms with Crippen LogP contribution in [0.1, 0.15) is 10.6 Å². The summed E-state index contributed by atoms with van der Waals surface area (Å²) in [5.74, 6) is 0.0631. The van der Waals surface area contributed by atoms with Crippen LogP contribution in [0.15, 0.2) is 33.2 Å². The van der Waals surface area contributed by atoms with Crippen molar-refractivity contribution in [3.63, 3.8) is 0 Å². The Kier molecular flexibility index (Phi) is 2.61. The molecule has 0 aliphatic carbocycles. The fourth-order valence-electron chi connectivity index (χ4n) is 1.22. The molecule has 14 heavy (non-hydrogen) atoms. The van der Waals surface area contributed by atoms with Gasteiger partial charge in [0.2, 0.25) is 5.78 Å². The average Bonchev–Trinajstić information content (AvgIpc) is 2.59. The number of halogens is 2. The number of Topliss-reactive ketones (excluding diaryl/α,β-unsaturated/α-hetero) is 1. The molecule has 2 rings (SSSR count). The topological polar surface area (TPSA) is 30.2 Å². The number of rotatable bonds is 2. The van der Waals surface area contributed by atoms with Crippen LogP contribution in [-0.4, -0.2) is 11.7 Å². The van der Waals surface area contributed by atoms with Crippen LogP contribution >= 0.6 is 27.5 Å². The minimum absolute atomic E-state index is 0.0546. The lowest BCUT2D eigenvalue weighted by molar-refractivity contribution is 0.0993. The molecule has 1 aromatic carbocycles. The normalized spacial score (nSPS) is 10.7. The maximum absolute atomic E-state index is 11.2. The van der Waals surface area contributed by atoms with Crippen molar-refractivity contribution in [1.29, 1.82) is 0 Å². The maximum atomic E-state index is 11.2. The Balaban J connectivity index is 2.56. The van der Waals surface area contributed by atoms with Gasteiger partial charge in [-0.1, -0.05) is 15.9 Å². The highest BCUT2D eigenvalue weighted by Gasteiger charge is 2.10. The molecule has 0 aliphatic rings. The molecule has 0 spiro atoms. The van der Waals surface area contributed by atoms with Crippen LogP contribution in [0.25, 0.3) is 11.0 Å². The average molecular weight is 274 g/mol. The van der Waals surface area contributed by atoms with E-state index in [1.807, 2.05) is 18.2 Å². The molecule has 0 aliphatic heterocycles. The van der Waals surface area contributed by atoms with E-state index < -0.39 is 0 Å². The first-order chi connectivity index (χ1) is 6.70. The smallest absolute Gasteiger partial charge is 0.212 e. The zero-order valence-corrected chi connectivity index (χ0v) is 9.43. The molecule has 0 fully saturated rings. The lowest BCUT2D eigenvalue weighted by Gasteiger charge is -1.88. The third kappa shape index (κ3) is 1.70. The second-order valence-corrected chi connectivity index (χ2v) is 4.03. The summed E-state index contributed by atoms with van der Waals surface area (Å²) in [4.78, 5) is 11.2. The van der Waals surface area contributed by atoms with Gasteiger partial charge in [0.25, 0.3) is 0 Å². The van der Waals surface area contributed by atoms with E-state index in [9.17, 15) is 4.79 Å². The molecule has 72 valence electrons. The van der Waals surface area contributed by atoms with Crippen LogP contribution in [0.4, 0.5) is 0 Å². The summed E-state index contributed by atoms with van der Waals surface area (Å²) >= 11 is 8.77. The largest absolute Gasteiger partial charge is 0.453 e. The van der Waals surface area contributed by atoms with E-state index in [4.69, 9.17) is 16.0 Å². The van der Waals surface area contributed by atoms with Crippen LogP contribution < -0.4 is 0 Å². The zero-order chi connectivity index (χ0) is 10.1. The molecule has 0 bridgehead atoms. The summed E-state index contributed by atoms with van der Waals surface area (Å²) in [5.41, 5.74) is 0.696. The number of fused-ring (bicyclic) bond motifs is 1. The first-order valence-corrected chi connectivity index (χ1v) is 5.32. The van der Waals surface area contributed by atoms with Gasteiger partial charge in [-0.15, -0.1) is 11.6 Å². The molecule has 0 amide bonds. The highest BCUT2D eigenvalue weighted by molar-refractivity contribution is 9.10. The minimum atomic E-state index is -0.195. The standard InChI is InChI=1S/C10H6BrClO2/c11-7-1-2-9-6(3-7)4-10(14-9)8(13)5-12/h1-4H,5H2. The Bertz CT molecular complexity index is 490. The van der Waals surface area contributed by atoms with E-state index in [0.29, 0.717) is 11.3 Å². The number of hydrogen-bond donors (Lipinski definition) is 0. The summed E-state index contributed by atoms with van der Waals surface area (Å²) in [6, 6.07) is 7.26. The van der Waals surface area contributed by atoms with Gasteiger partial charge in [-0.2, -0.15) is 0 Å². The number of benzene rings is 1. The Morgan fingerprint density at radius 2 is 2.21 bits per heavy atom. The number of furan rings is 1. The minimum Gasteiger partial charge on any atom is -0.453 e. The zero-order valence-electron chi connectivity index (χ0n) is 7.09. The monoisotopic (exact) mass is 272 g/mol. The molecule has 0 unspecified atom stereocenters. The van der Waals surface area contributed by atoms with Crippen molar-refractivity contribution in [2.75, 3.05) is 5.88 Å². The summed E-state index contributed by atoms with van der Waals surface area (Å²) in [5, 5.41) is 0.896. The highest BCUT2D eigenvalue weighted by Crippen LogP contribution is 2.23. The molecular formula is C10H6BrClO2. The molecule has 0 atom stereocenters. The Hall–Kier alpha value is -0.800. The summed E-state index contributed by atoms with van der Waals surface area (Å²) in [6.45, 7) is 0. The Morgan fingerprint density at radius 1 is 1.43 bits per heavy atom. The third-order valence-corrected chi connectivity index (χ3v) is 2.61. The van der Waals surface area contributed by atoms with Gasteiger partial charge in [-0.05, 0) is 24.3 Å². The van der Waals surface area contributed by atoms with E-state index in [1.165, 1.54) is 0 Å². The molecule has 2 aromatic rings. The van der Waals surface area contributed by atoms with E-state index in [1.54, 1.807) is 6.07 Å². The summed E-state index contributed by atoms with van der Waals surface area (Å²) < 4.78 is 6.28. The second-order valence-electron chi connectivity index (χ2n) is 2.85. The van der Waals surface area contributed by atoms with Gasteiger partial charge >= 0.3 is 0 Å². The van der Waals surface area contributed by atoms with Gasteiger partial charge in [-0.25, -0.2) is 0 Å². The molecule has 1 aromatic heterocycles. The van der Waals surface area contributed by atoms with E-state index in [0.717, 1.165) is 9.86 Å². The first-order valence-electron chi connectivity index (χ1n) is 3.99. The van der Waals surface area contributed by atoms with E-state index in [2.05, 4.69) is 15.9 Å². The molecule has 0 N–H and O–H groups in total. The molecule has 4 heteroatoms. The van der Waals surface area contributed by atoms with Crippen LogP contribution in [-0.2, 0) is 0 Å².